The van der Waals surface area contributed by atoms with E-state index in [0.717, 1.165) is 30.7 Å². The van der Waals surface area contributed by atoms with Gasteiger partial charge in [0.2, 0.25) is 0 Å². The predicted molar refractivity (Wildman–Crippen MR) is 76.6 cm³/mol. The Kier molecular flexibility index (Phi) is 4.25. The van der Waals surface area contributed by atoms with Gasteiger partial charge in [-0.3, -0.25) is 4.90 Å². The van der Waals surface area contributed by atoms with Crippen LogP contribution < -0.4 is 5.32 Å². The Labute approximate surface area is 126 Å². The average Bonchev–Trinajstić information content (AvgIpc) is 2.93. The first-order valence-corrected chi connectivity index (χ1v) is 8.24. The second-order valence-corrected chi connectivity index (χ2v) is 7.23. The van der Waals surface area contributed by atoms with Gasteiger partial charge in [-0.1, -0.05) is 0 Å². The number of alkyl halides is 3. The van der Waals surface area contributed by atoms with E-state index in [1.54, 1.807) is 11.3 Å². The summed E-state index contributed by atoms with van der Waals surface area (Å²) in [6, 6.07) is 0.432. The van der Waals surface area contributed by atoms with Crippen LogP contribution in [-0.2, 0) is 6.42 Å². The zero-order valence-corrected chi connectivity index (χ0v) is 12.9. The van der Waals surface area contributed by atoms with Crippen molar-refractivity contribution in [1.29, 1.82) is 0 Å². The molecule has 21 heavy (non-hydrogen) atoms. The molecule has 1 aliphatic carbocycles. The molecule has 0 spiro atoms. The molecule has 0 amide bonds. The number of nitrogens with zero attached hydrogens (tertiary/aromatic N) is 2. The lowest BCUT2D eigenvalue weighted by Gasteiger charge is -2.26. The van der Waals surface area contributed by atoms with Gasteiger partial charge in [-0.05, 0) is 32.6 Å². The van der Waals surface area contributed by atoms with E-state index in [-0.39, 0.29) is 12.1 Å². The Hall–Kier alpha value is -0.660. The van der Waals surface area contributed by atoms with Crippen molar-refractivity contribution in [3.8, 4) is 0 Å². The minimum absolute atomic E-state index is 0.158. The maximum absolute atomic E-state index is 12.4. The predicted octanol–water partition coefficient (Wildman–Crippen LogP) is 3.06. The minimum atomic E-state index is -4.10. The van der Waals surface area contributed by atoms with Crippen molar-refractivity contribution in [2.45, 2.75) is 50.9 Å². The lowest BCUT2D eigenvalue weighted by atomic mass is 9.97. The van der Waals surface area contributed by atoms with Crippen LogP contribution >= 0.6 is 11.3 Å². The van der Waals surface area contributed by atoms with E-state index in [4.69, 9.17) is 0 Å². The van der Waals surface area contributed by atoms with Gasteiger partial charge in [-0.15, -0.1) is 11.3 Å². The molecule has 0 aromatic carbocycles. The first-order valence-electron chi connectivity index (χ1n) is 7.42. The fraction of sp³-hybridized carbons (Fsp3) is 0.786. The molecule has 2 heterocycles. The van der Waals surface area contributed by atoms with E-state index in [1.165, 1.54) is 15.5 Å². The molecule has 1 aromatic heterocycles. The number of nitrogens with one attached hydrogen (secondary N) is 1. The summed E-state index contributed by atoms with van der Waals surface area (Å²) in [5.41, 5.74) is 1.19. The summed E-state index contributed by atoms with van der Waals surface area (Å²) in [5.74, 6) is 0. The summed E-state index contributed by atoms with van der Waals surface area (Å²) < 4.78 is 37.3. The molecule has 2 aliphatic rings. The fourth-order valence-electron chi connectivity index (χ4n) is 3.35. The monoisotopic (exact) mass is 319 g/mol. The van der Waals surface area contributed by atoms with E-state index in [1.807, 2.05) is 6.92 Å². The Morgan fingerprint density at radius 3 is 2.95 bits per heavy atom. The Bertz CT molecular complexity index is 500. The van der Waals surface area contributed by atoms with Crippen molar-refractivity contribution in [2.24, 2.45) is 0 Å². The van der Waals surface area contributed by atoms with Crippen LogP contribution in [0.4, 0.5) is 13.2 Å². The largest absolute Gasteiger partial charge is 0.401 e. The molecule has 2 atom stereocenters. The van der Waals surface area contributed by atoms with Crippen LogP contribution in [0.3, 0.4) is 0 Å². The van der Waals surface area contributed by atoms with Gasteiger partial charge in [0.15, 0.2) is 0 Å². The summed E-state index contributed by atoms with van der Waals surface area (Å²) in [4.78, 5) is 7.36. The lowest BCUT2D eigenvalue weighted by molar-refractivity contribution is -0.143. The van der Waals surface area contributed by atoms with Crippen molar-refractivity contribution in [3.63, 3.8) is 0 Å². The summed E-state index contributed by atoms with van der Waals surface area (Å²) in [5, 5.41) is 4.65. The number of fused-ring (bicyclic) bond motifs is 1. The van der Waals surface area contributed by atoms with Gasteiger partial charge in [-0.2, -0.15) is 13.2 Å². The molecule has 1 fully saturated rings. The number of rotatable bonds is 3. The number of hydrogen-bond donors (Lipinski definition) is 1. The first-order chi connectivity index (χ1) is 9.90. The van der Waals surface area contributed by atoms with Crippen LogP contribution in [0.5, 0.6) is 0 Å². The van der Waals surface area contributed by atoms with Crippen LogP contribution in [0.2, 0.25) is 0 Å². The van der Waals surface area contributed by atoms with Gasteiger partial charge in [0.05, 0.1) is 17.2 Å². The van der Waals surface area contributed by atoms with Crippen LogP contribution in [0.1, 0.15) is 40.9 Å². The maximum Gasteiger partial charge on any atom is 0.401 e. The average molecular weight is 319 g/mol. The molecule has 1 aromatic rings. The highest BCUT2D eigenvalue weighted by molar-refractivity contribution is 7.11. The van der Waals surface area contributed by atoms with Crippen molar-refractivity contribution < 1.29 is 13.2 Å². The van der Waals surface area contributed by atoms with Crippen molar-refractivity contribution >= 4 is 11.3 Å². The summed E-state index contributed by atoms with van der Waals surface area (Å²) in [6.45, 7) is 2.24. The molecule has 7 heteroatoms. The molecule has 118 valence electrons. The molecule has 3 nitrogen and oxygen atoms in total. The second kappa shape index (κ2) is 5.85. The Morgan fingerprint density at radius 1 is 1.38 bits per heavy atom. The number of likely N-dealkylation sites (tertiary alicyclic amines) is 1. The third-order valence-electron chi connectivity index (χ3n) is 4.17. The molecular formula is C14H20F3N3S. The van der Waals surface area contributed by atoms with E-state index >= 15 is 0 Å². The highest BCUT2D eigenvalue weighted by Crippen LogP contribution is 2.34. The van der Waals surface area contributed by atoms with E-state index < -0.39 is 12.7 Å². The van der Waals surface area contributed by atoms with Crippen molar-refractivity contribution in [2.75, 3.05) is 19.6 Å². The summed E-state index contributed by atoms with van der Waals surface area (Å²) in [6.07, 6.45) is -0.110. The minimum Gasteiger partial charge on any atom is -0.305 e. The van der Waals surface area contributed by atoms with Gasteiger partial charge in [0, 0.05) is 30.1 Å². The van der Waals surface area contributed by atoms with Gasteiger partial charge in [-0.25, -0.2) is 4.98 Å². The third-order valence-corrected chi connectivity index (χ3v) is 5.30. The standard InChI is InChI=1S/C14H20F3N3S/c1-9-18-11-3-2-4-12(13(11)21-9)19-10-5-6-20(7-10)8-14(15,16)17/h10,12,19H,2-8H2,1H3/t10-,12+/m1/s1. The van der Waals surface area contributed by atoms with Crippen LogP contribution in [0.15, 0.2) is 0 Å². The lowest BCUT2D eigenvalue weighted by Crippen LogP contribution is -2.38. The quantitative estimate of drug-likeness (QED) is 0.928. The fourth-order valence-corrected chi connectivity index (χ4v) is 4.42. The van der Waals surface area contributed by atoms with Gasteiger partial charge in [0.1, 0.15) is 0 Å². The van der Waals surface area contributed by atoms with E-state index in [9.17, 15) is 13.2 Å². The molecule has 0 bridgehead atoms. The number of aromatic nitrogens is 1. The number of halogens is 3. The van der Waals surface area contributed by atoms with E-state index in [0.29, 0.717) is 13.1 Å². The Morgan fingerprint density at radius 2 is 2.19 bits per heavy atom. The zero-order chi connectivity index (χ0) is 15.0. The summed E-state index contributed by atoms with van der Waals surface area (Å²) >= 11 is 1.73. The molecule has 1 aliphatic heterocycles. The molecule has 1 saturated heterocycles. The van der Waals surface area contributed by atoms with Gasteiger partial charge < -0.3 is 5.32 Å². The van der Waals surface area contributed by atoms with Crippen molar-refractivity contribution in [3.05, 3.63) is 15.6 Å². The van der Waals surface area contributed by atoms with E-state index in [2.05, 4.69) is 10.3 Å². The number of aryl methyl sites for hydroxylation is 2. The topological polar surface area (TPSA) is 28.2 Å². The van der Waals surface area contributed by atoms with Crippen LogP contribution in [0.25, 0.3) is 0 Å². The van der Waals surface area contributed by atoms with Crippen molar-refractivity contribution in [1.82, 2.24) is 15.2 Å². The highest BCUT2D eigenvalue weighted by atomic mass is 32.1. The van der Waals surface area contributed by atoms with Gasteiger partial charge >= 0.3 is 6.18 Å². The summed E-state index contributed by atoms with van der Waals surface area (Å²) in [7, 11) is 0. The molecule has 0 saturated carbocycles. The smallest absolute Gasteiger partial charge is 0.305 e. The zero-order valence-electron chi connectivity index (χ0n) is 12.0. The number of hydrogen-bond acceptors (Lipinski definition) is 4. The number of thiazole rings is 1. The molecular weight excluding hydrogens is 299 g/mol. The first kappa shape index (κ1) is 15.2. The second-order valence-electron chi connectivity index (χ2n) is 5.99. The molecule has 0 radical (unpaired) electrons. The maximum atomic E-state index is 12.4. The molecule has 1 N–H and O–H groups in total. The normalized spacial score (nSPS) is 27.0. The molecule has 0 unspecified atom stereocenters. The van der Waals surface area contributed by atoms with Crippen LogP contribution in [0, 0.1) is 6.92 Å². The third kappa shape index (κ3) is 3.76. The Balaban J connectivity index is 1.59. The van der Waals surface area contributed by atoms with Crippen LogP contribution in [-0.4, -0.2) is 41.7 Å². The SMILES string of the molecule is Cc1nc2c(s1)[C@@H](N[C@@H]1CCN(CC(F)(F)F)C1)CCC2. The highest BCUT2D eigenvalue weighted by Gasteiger charge is 2.35. The molecule has 3 rings (SSSR count). The van der Waals surface area contributed by atoms with Gasteiger partial charge in [0.25, 0.3) is 0 Å².